The topological polar surface area (TPSA) is 86.6 Å². The molecule has 0 bridgehead atoms. The first-order valence-electron chi connectivity index (χ1n) is 5.43. The molecule has 0 saturated carbocycles. The molecule has 0 unspecified atom stereocenters. The third-order valence-corrected chi connectivity index (χ3v) is 3.84. The molecule has 0 heterocycles. The van der Waals surface area contributed by atoms with E-state index in [0.29, 0.717) is 6.54 Å². The normalized spacial score (nSPS) is 11.5. The molecule has 0 aliphatic carbocycles. The third kappa shape index (κ3) is 3.81. The van der Waals surface area contributed by atoms with Gasteiger partial charge < -0.3 is 10.0 Å². The Bertz CT molecular complexity index is 461. The fourth-order valence-electron chi connectivity index (χ4n) is 1.40. The molecule has 0 aliphatic heterocycles. The van der Waals surface area contributed by atoms with Gasteiger partial charge in [0.25, 0.3) is 0 Å². The fraction of sp³-hybridized carbons (Fsp3) is 0.400. The van der Waals surface area contributed by atoms with Crippen molar-refractivity contribution < 1.29 is 18.5 Å². The van der Waals surface area contributed by atoms with Gasteiger partial charge in [0.2, 0.25) is 10.0 Å². The lowest BCUT2D eigenvalue weighted by Gasteiger charge is -2.10. The first-order chi connectivity index (χ1) is 7.99. The Morgan fingerprint density at radius 2 is 1.94 bits per heavy atom. The van der Waals surface area contributed by atoms with Crippen LogP contribution in [0, 0.1) is 0 Å². The first-order valence-corrected chi connectivity index (χ1v) is 6.92. The predicted octanol–water partition coefficient (Wildman–Crippen LogP) is -0.555. The van der Waals surface area contributed by atoms with E-state index in [9.17, 15) is 8.42 Å². The SMILES string of the molecule is CCCCNS(=O)(=O)c1ccccc1B(O)O. The molecule has 0 amide bonds. The summed E-state index contributed by atoms with van der Waals surface area (Å²) in [5.74, 6) is 0. The zero-order valence-corrected chi connectivity index (χ0v) is 10.4. The van der Waals surface area contributed by atoms with Gasteiger partial charge >= 0.3 is 7.12 Å². The molecule has 17 heavy (non-hydrogen) atoms. The number of hydrogen-bond acceptors (Lipinski definition) is 4. The summed E-state index contributed by atoms with van der Waals surface area (Å²) in [5.41, 5.74) is -0.0171. The van der Waals surface area contributed by atoms with Crippen LogP contribution in [0.25, 0.3) is 0 Å². The number of sulfonamides is 1. The molecular formula is C10H16BNO4S. The van der Waals surface area contributed by atoms with Crippen LogP contribution in [0.4, 0.5) is 0 Å². The van der Waals surface area contributed by atoms with Crippen LogP contribution >= 0.6 is 0 Å². The summed E-state index contributed by atoms with van der Waals surface area (Å²) in [4.78, 5) is -0.0916. The molecule has 5 nitrogen and oxygen atoms in total. The van der Waals surface area contributed by atoms with Gasteiger partial charge in [-0.05, 0) is 12.5 Å². The first kappa shape index (κ1) is 14.2. The lowest BCUT2D eigenvalue weighted by atomic mass is 9.80. The van der Waals surface area contributed by atoms with Crippen molar-refractivity contribution in [1.29, 1.82) is 0 Å². The standard InChI is InChI=1S/C10H16BNO4S/c1-2-3-8-12-17(15,16)10-7-5-4-6-9(10)11(13)14/h4-7,12-14H,2-3,8H2,1H3. The zero-order chi connectivity index (χ0) is 12.9. The summed E-state index contributed by atoms with van der Waals surface area (Å²) in [6.07, 6.45) is 1.62. The largest absolute Gasteiger partial charge is 0.489 e. The molecule has 0 aromatic heterocycles. The maximum atomic E-state index is 11.9. The Morgan fingerprint density at radius 1 is 1.29 bits per heavy atom. The molecular weight excluding hydrogens is 241 g/mol. The van der Waals surface area contributed by atoms with Gasteiger partial charge in [0, 0.05) is 12.0 Å². The van der Waals surface area contributed by atoms with Crippen molar-refractivity contribution in [2.24, 2.45) is 0 Å². The van der Waals surface area contributed by atoms with Crippen LogP contribution in [0.2, 0.25) is 0 Å². The van der Waals surface area contributed by atoms with Gasteiger partial charge in [0.15, 0.2) is 0 Å². The molecule has 1 aromatic carbocycles. The van der Waals surface area contributed by atoms with E-state index in [-0.39, 0.29) is 10.4 Å². The Kier molecular flexibility index (Phi) is 5.13. The molecule has 7 heteroatoms. The highest BCUT2D eigenvalue weighted by molar-refractivity contribution is 7.89. The lowest BCUT2D eigenvalue weighted by molar-refractivity contribution is 0.424. The van der Waals surface area contributed by atoms with Crippen molar-refractivity contribution in [1.82, 2.24) is 4.72 Å². The maximum absolute atomic E-state index is 11.9. The average Bonchev–Trinajstić information content (AvgIpc) is 2.29. The molecule has 94 valence electrons. The zero-order valence-electron chi connectivity index (χ0n) is 9.63. The molecule has 0 spiro atoms. The van der Waals surface area contributed by atoms with E-state index in [0.717, 1.165) is 12.8 Å². The highest BCUT2D eigenvalue weighted by Gasteiger charge is 2.23. The molecule has 3 N–H and O–H groups in total. The third-order valence-electron chi connectivity index (χ3n) is 2.31. The van der Waals surface area contributed by atoms with Crippen LogP contribution in [0.15, 0.2) is 29.2 Å². The minimum atomic E-state index is -3.68. The van der Waals surface area contributed by atoms with Crippen LogP contribution in [0.1, 0.15) is 19.8 Å². The maximum Gasteiger partial charge on any atom is 0.489 e. The minimum absolute atomic E-state index is 0.0171. The van der Waals surface area contributed by atoms with Crippen molar-refractivity contribution in [3.63, 3.8) is 0 Å². The molecule has 0 aliphatic rings. The van der Waals surface area contributed by atoms with Crippen molar-refractivity contribution in [2.45, 2.75) is 24.7 Å². The van der Waals surface area contributed by atoms with Gasteiger partial charge in [-0.15, -0.1) is 0 Å². The smallest absolute Gasteiger partial charge is 0.423 e. The van der Waals surface area contributed by atoms with Gasteiger partial charge in [0.05, 0.1) is 4.90 Å². The van der Waals surface area contributed by atoms with Gasteiger partial charge in [-0.2, -0.15) is 0 Å². The summed E-state index contributed by atoms with van der Waals surface area (Å²) in [5, 5.41) is 18.2. The van der Waals surface area contributed by atoms with E-state index in [1.807, 2.05) is 6.92 Å². The Hall–Kier alpha value is -0.885. The number of benzene rings is 1. The quantitative estimate of drug-likeness (QED) is 0.471. The predicted molar refractivity (Wildman–Crippen MR) is 66.4 cm³/mol. The fourth-order valence-corrected chi connectivity index (χ4v) is 2.71. The summed E-state index contributed by atoms with van der Waals surface area (Å²) in [7, 11) is -5.48. The second-order valence-corrected chi connectivity index (χ2v) is 5.40. The van der Waals surface area contributed by atoms with Crippen LogP contribution in [0.3, 0.4) is 0 Å². The molecule has 1 aromatic rings. The highest BCUT2D eigenvalue weighted by atomic mass is 32.2. The van der Waals surface area contributed by atoms with Gasteiger partial charge in [-0.1, -0.05) is 31.5 Å². The van der Waals surface area contributed by atoms with E-state index < -0.39 is 17.1 Å². The van der Waals surface area contributed by atoms with Crippen molar-refractivity contribution in [3.8, 4) is 0 Å². The monoisotopic (exact) mass is 257 g/mol. The van der Waals surface area contributed by atoms with Crippen LogP contribution in [-0.2, 0) is 10.0 Å². The lowest BCUT2D eigenvalue weighted by Crippen LogP contribution is -2.37. The van der Waals surface area contributed by atoms with Crippen LogP contribution in [0.5, 0.6) is 0 Å². The molecule has 1 rings (SSSR count). The van der Waals surface area contributed by atoms with E-state index >= 15 is 0 Å². The number of nitrogens with one attached hydrogen (secondary N) is 1. The van der Waals surface area contributed by atoms with E-state index in [4.69, 9.17) is 10.0 Å². The van der Waals surface area contributed by atoms with E-state index in [1.54, 1.807) is 12.1 Å². The van der Waals surface area contributed by atoms with Crippen molar-refractivity contribution >= 4 is 22.6 Å². The molecule has 0 saturated heterocycles. The summed E-state index contributed by atoms with van der Waals surface area (Å²) >= 11 is 0. The van der Waals surface area contributed by atoms with Gasteiger partial charge in [0.1, 0.15) is 0 Å². The van der Waals surface area contributed by atoms with E-state index in [2.05, 4.69) is 4.72 Å². The van der Waals surface area contributed by atoms with E-state index in [1.165, 1.54) is 12.1 Å². The molecule has 0 radical (unpaired) electrons. The summed E-state index contributed by atoms with van der Waals surface area (Å²) in [6.45, 7) is 2.30. The molecule has 0 fully saturated rings. The van der Waals surface area contributed by atoms with Gasteiger partial charge in [-0.3, -0.25) is 0 Å². The Balaban J connectivity index is 2.98. The Morgan fingerprint density at radius 3 is 2.53 bits per heavy atom. The van der Waals surface area contributed by atoms with Crippen LogP contribution < -0.4 is 10.2 Å². The second-order valence-electron chi connectivity index (χ2n) is 3.66. The highest BCUT2D eigenvalue weighted by Crippen LogP contribution is 2.06. The average molecular weight is 257 g/mol. The van der Waals surface area contributed by atoms with Crippen molar-refractivity contribution in [3.05, 3.63) is 24.3 Å². The summed E-state index contributed by atoms with van der Waals surface area (Å²) < 4.78 is 26.2. The van der Waals surface area contributed by atoms with Crippen LogP contribution in [-0.4, -0.2) is 32.1 Å². The number of unbranched alkanes of at least 4 members (excludes halogenated alkanes) is 1. The van der Waals surface area contributed by atoms with Gasteiger partial charge in [-0.25, -0.2) is 13.1 Å². The minimum Gasteiger partial charge on any atom is -0.423 e. The second kappa shape index (κ2) is 6.16. The summed E-state index contributed by atoms with van der Waals surface area (Å²) in [6, 6.07) is 5.82. The Labute approximate surface area is 102 Å². The number of rotatable bonds is 6. The molecule has 0 atom stereocenters. The van der Waals surface area contributed by atoms with Crippen molar-refractivity contribution in [2.75, 3.05) is 6.54 Å². The number of hydrogen-bond donors (Lipinski definition) is 3.